The van der Waals surface area contributed by atoms with Crippen LogP contribution in [0.5, 0.6) is 0 Å². The van der Waals surface area contributed by atoms with Gasteiger partial charge < -0.3 is 20.3 Å². The van der Waals surface area contributed by atoms with E-state index in [-0.39, 0.29) is 18.0 Å². The zero-order valence-corrected chi connectivity index (χ0v) is 13.8. The third kappa shape index (κ3) is 4.17. The van der Waals surface area contributed by atoms with Gasteiger partial charge in [0, 0.05) is 37.4 Å². The number of hydrogen-bond donors (Lipinski definition) is 2. The van der Waals surface area contributed by atoms with Crippen molar-refractivity contribution < 1.29 is 9.53 Å². The molecule has 0 aliphatic carbocycles. The molecule has 2 fully saturated rings. The Morgan fingerprint density at radius 3 is 2.78 bits per heavy atom. The molecule has 126 valence electrons. The molecular weight excluding hydrogens is 294 g/mol. The molecule has 3 heterocycles. The van der Waals surface area contributed by atoms with Crippen LogP contribution in [0.25, 0.3) is 0 Å². The van der Waals surface area contributed by atoms with Crippen LogP contribution in [0, 0.1) is 13.8 Å². The Bertz CT molecular complexity index is 531. The quantitative estimate of drug-likeness (QED) is 0.827. The van der Waals surface area contributed by atoms with Gasteiger partial charge in [0.2, 0.25) is 5.91 Å². The molecule has 2 N–H and O–H groups in total. The SMILES string of the molecule is Cc1cc(N2CCC(NC(=O)C3COCCN3)CC2)nc(C)n1. The molecule has 0 radical (unpaired) electrons. The lowest BCUT2D eigenvalue weighted by molar-refractivity contribution is -0.126. The Morgan fingerprint density at radius 2 is 2.13 bits per heavy atom. The maximum Gasteiger partial charge on any atom is 0.239 e. The van der Waals surface area contributed by atoms with Crippen LogP contribution in [0.1, 0.15) is 24.4 Å². The molecule has 0 aromatic carbocycles. The number of piperidine rings is 1. The fourth-order valence-electron chi connectivity index (χ4n) is 3.15. The minimum Gasteiger partial charge on any atom is -0.378 e. The number of anilines is 1. The van der Waals surface area contributed by atoms with Crippen molar-refractivity contribution in [1.29, 1.82) is 0 Å². The number of nitrogens with one attached hydrogen (secondary N) is 2. The second kappa shape index (κ2) is 7.23. The predicted octanol–water partition coefficient (Wildman–Crippen LogP) is 0.167. The Hall–Kier alpha value is -1.73. The fourth-order valence-corrected chi connectivity index (χ4v) is 3.15. The number of hydrogen-bond acceptors (Lipinski definition) is 6. The molecule has 1 unspecified atom stereocenters. The minimum atomic E-state index is -0.214. The first kappa shape index (κ1) is 16.1. The fraction of sp³-hybridized carbons (Fsp3) is 0.688. The van der Waals surface area contributed by atoms with Crippen LogP contribution < -0.4 is 15.5 Å². The van der Waals surface area contributed by atoms with E-state index in [9.17, 15) is 4.79 Å². The highest BCUT2D eigenvalue weighted by molar-refractivity contribution is 5.82. The number of amides is 1. The molecule has 7 heteroatoms. The zero-order valence-electron chi connectivity index (χ0n) is 13.8. The van der Waals surface area contributed by atoms with Gasteiger partial charge in [0.05, 0.1) is 13.2 Å². The summed E-state index contributed by atoms with van der Waals surface area (Å²) in [4.78, 5) is 23.3. The third-order valence-electron chi connectivity index (χ3n) is 4.36. The van der Waals surface area contributed by atoms with Crippen molar-refractivity contribution in [3.05, 3.63) is 17.6 Å². The average Bonchev–Trinajstić information content (AvgIpc) is 2.55. The van der Waals surface area contributed by atoms with E-state index in [2.05, 4.69) is 25.5 Å². The summed E-state index contributed by atoms with van der Waals surface area (Å²) >= 11 is 0. The van der Waals surface area contributed by atoms with Gasteiger partial charge in [0.25, 0.3) is 0 Å². The van der Waals surface area contributed by atoms with Crippen molar-refractivity contribution in [2.24, 2.45) is 0 Å². The molecule has 0 spiro atoms. The van der Waals surface area contributed by atoms with Crippen LogP contribution in [0.2, 0.25) is 0 Å². The van der Waals surface area contributed by atoms with Crippen LogP contribution in [0.3, 0.4) is 0 Å². The topological polar surface area (TPSA) is 79.4 Å². The Kier molecular flexibility index (Phi) is 5.07. The summed E-state index contributed by atoms with van der Waals surface area (Å²) in [5.74, 6) is 1.85. The normalized spacial score (nSPS) is 22.9. The smallest absolute Gasteiger partial charge is 0.239 e. The van der Waals surface area contributed by atoms with Gasteiger partial charge in [-0.1, -0.05) is 0 Å². The number of ether oxygens (including phenoxy) is 1. The molecule has 3 rings (SSSR count). The van der Waals surface area contributed by atoms with Gasteiger partial charge in [-0.25, -0.2) is 9.97 Å². The Balaban J connectivity index is 1.51. The van der Waals surface area contributed by atoms with Crippen molar-refractivity contribution in [3.8, 4) is 0 Å². The molecule has 2 saturated heterocycles. The van der Waals surface area contributed by atoms with Crippen LogP contribution in [0.15, 0.2) is 6.07 Å². The second-order valence-corrected chi connectivity index (χ2v) is 6.27. The number of morpholine rings is 1. The molecule has 1 amide bonds. The third-order valence-corrected chi connectivity index (χ3v) is 4.36. The van der Waals surface area contributed by atoms with Gasteiger partial charge in [-0.3, -0.25) is 4.79 Å². The summed E-state index contributed by atoms with van der Waals surface area (Å²) < 4.78 is 5.34. The standard InChI is InChI=1S/C16H25N5O2/c1-11-9-15(19-12(2)18-11)21-6-3-13(4-7-21)20-16(22)14-10-23-8-5-17-14/h9,13-14,17H,3-8,10H2,1-2H3,(H,20,22). The largest absolute Gasteiger partial charge is 0.378 e. The molecule has 0 saturated carbocycles. The maximum absolute atomic E-state index is 12.2. The van der Waals surface area contributed by atoms with E-state index in [0.29, 0.717) is 13.2 Å². The van der Waals surface area contributed by atoms with Crippen molar-refractivity contribution in [2.75, 3.05) is 37.7 Å². The first-order valence-electron chi connectivity index (χ1n) is 8.30. The highest BCUT2D eigenvalue weighted by Crippen LogP contribution is 2.19. The first-order chi connectivity index (χ1) is 11.1. The number of carbonyl (C=O) groups excluding carboxylic acids is 1. The number of rotatable bonds is 3. The van der Waals surface area contributed by atoms with E-state index < -0.39 is 0 Å². The lowest BCUT2D eigenvalue weighted by Gasteiger charge is -2.34. The van der Waals surface area contributed by atoms with Crippen molar-refractivity contribution >= 4 is 11.7 Å². The molecular formula is C16H25N5O2. The van der Waals surface area contributed by atoms with Crippen LogP contribution in [0.4, 0.5) is 5.82 Å². The van der Waals surface area contributed by atoms with Crippen molar-refractivity contribution in [1.82, 2.24) is 20.6 Å². The molecule has 1 aromatic heterocycles. The Morgan fingerprint density at radius 1 is 1.35 bits per heavy atom. The summed E-state index contributed by atoms with van der Waals surface area (Å²) in [6, 6.07) is 2.04. The summed E-state index contributed by atoms with van der Waals surface area (Å²) in [7, 11) is 0. The number of aromatic nitrogens is 2. The molecule has 2 aliphatic rings. The van der Waals surface area contributed by atoms with Gasteiger partial charge >= 0.3 is 0 Å². The Labute approximate surface area is 136 Å². The van der Waals surface area contributed by atoms with Gasteiger partial charge in [-0.05, 0) is 26.7 Å². The van der Waals surface area contributed by atoms with Gasteiger partial charge in [0.1, 0.15) is 17.7 Å². The summed E-state index contributed by atoms with van der Waals surface area (Å²) in [5.41, 5.74) is 0.992. The van der Waals surface area contributed by atoms with Gasteiger partial charge in [-0.2, -0.15) is 0 Å². The highest BCUT2D eigenvalue weighted by atomic mass is 16.5. The molecule has 0 bridgehead atoms. The van der Waals surface area contributed by atoms with E-state index in [1.807, 2.05) is 19.9 Å². The number of carbonyl (C=O) groups is 1. The molecule has 23 heavy (non-hydrogen) atoms. The van der Waals surface area contributed by atoms with Crippen LogP contribution in [-0.2, 0) is 9.53 Å². The molecule has 1 aromatic rings. The first-order valence-corrected chi connectivity index (χ1v) is 8.30. The summed E-state index contributed by atoms with van der Waals surface area (Å²) in [6.45, 7) is 7.59. The van der Waals surface area contributed by atoms with Crippen molar-refractivity contribution in [2.45, 2.75) is 38.8 Å². The average molecular weight is 319 g/mol. The number of nitrogens with zero attached hydrogens (tertiary/aromatic N) is 3. The predicted molar refractivity (Wildman–Crippen MR) is 87.5 cm³/mol. The van der Waals surface area contributed by atoms with E-state index in [0.717, 1.165) is 49.8 Å². The zero-order chi connectivity index (χ0) is 16.2. The summed E-state index contributed by atoms with van der Waals surface area (Å²) in [6.07, 6.45) is 1.86. The van der Waals surface area contributed by atoms with E-state index in [4.69, 9.17) is 4.74 Å². The number of aryl methyl sites for hydroxylation is 2. The maximum atomic E-state index is 12.2. The lowest BCUT2D eigenvalue weighted by atomic mass is 10.0. The molecule has 2 aliphatic heterocycles. The van der Waals surface area contributed by atoms with E-state index in [1.165, 1.54) is 0 Å². The lowest BCUT2D eigenvalue weighted by Crippen LogP contribution is -2.55. The molecule has 1 atom stereocenters. The molecule has 7 nitrogen and oxygen atoms in total. The van der Waals surface area contributed by atoms with Crippen LogP contribution in [-0.4, -0.2) is 60.8 Å². The van der Waals surface area contributed by atoms with Crippen molar-refractivity contribution in [3.63, 3.8) is 0 Å². The van der Waals surface area contributed by atoms with Gasteiger partial charge in [0.15, 0.2) is 0 Å². The van der Waals surface area contributed by atoms with E-state index in [1.54, 1.807) is 0 Å². The monoisotopic (exact) mass is 319 g/mol. The minimum absolute atomic E-state index is 0.0527. The van der Waals surface area contributed by atoms with Gasteiger partial charge in [-0.15, -0.1) is 0 Å². The summed E-state index contributed by atoms with van der Waals surface area (Å²) in [5, 5.41) is 6.33. The van der Waals surface area contributed by atoms with E-state index >= 15 is 0 Å². The highest BCUT2D eigenvalue weighted by Gasteiger charge is 2.26. The van der Waals surface area contributed by atoms with Crippen LogP contribution >= 0.6 is 0 Å². The second-order valence-electron chi connectivity index (χ2n) is 6.27.